The van der Waals surface area contributed by atoms with Gasteiger partial charge in [0.05, 0.1) is 22.7 Å². The third-order valence-electron chi connectivity index (χ3n) is 4.78. The van der Waals surface area contributed by atoms with Crippen molar-refractivity contribution in [3.8, 4) is 6.07 Å². The number of benzene rings is 2. The Morgan fingerprint density at radius 1 is 1.26 bits per heavy atom. The van der Waals surface area contributed by atoms with Crippen LogP contribution in [-0.2, 0) is 13.1 Å². The summed E-state index contributed by atoms with van der Waals surface area (Å²) in [5.74, 6) is -0.0621. The highest BCUT2D eigenvalue weighted by Gasteiger charge is 2.14. The molecule has 31 heavy (non-hydrogen) atoms. The molecule has 6 nitrogen and oxygen atoms in total. The van der Waals surface area contributed by atoms with Crippen molar-refractivity contribution in [1.82, 2.24) is 14.9 Å². The first-order valence-electron chi connectivity index (χ1n) is 10.1. The first-order chi connectivity index (χ1) is 15.0. The Kier molecular flexibility index (Phi) is 8.10. The second kappa shape index (κ2) is 11.0. The number of thioether (sulfide) groups is 1. The van der Waals surface area contributed by atoms with Gasteiger partial charge in [-0.05, 0) is 42.3 Å². The Labute approximate surface area is 190 Å². The van der Waals surface area contributed by atoms with E-state index in [0.29, 0.717) is 39.7 Å². The van der Waals surface area contributed by atoms with Crippen molar-refractivity contribution in [3.05, 3.63) is 69.0 Å². The summed E-state index contributed by atoms with van der Waals surface area (Å²) in [6.45, 7) is 3.00. The minimum Gasteiger partial charge on any atom is -0.348 e. The number of aromatic nitrogens is 2. The zero-order valence-corrected chi connectivity index (χ0v) is 18.8. The van der Waals surface area contributed by atoms with Crippen molar-refractivity contribution in [2.45, 2.75) is 44.4 Å². The molecule has 0 aliphatic rings. The van der Waals surface area contributed by atoms with Gasteiger partial charge in [0.2, 0.25) is 0 Å². The lowest BCUT2D eigenvalue weighted by molar-refractivity contribution is 0.0951. The molecule has 0 atom stereocenters. The molecule has 0 fully saturated rings. The number of amides is 1. The van der Waals surface area contributed by atoms with Gasteiger partial charge in [0.1, 0.15) is 0 Å². The molecule has 1 amide bonds. The minimum absolute atomic E-state index is 0.146. The number of nitriles is 1. The lowest BCUT2D eigenvalue weighted by Gasteiger charge is -2.13. The van der Waals surface area contributed by atoms with E-state index in [1.165, 1.54) is 11.8 Å². The molecule has 3 aromatic rings. The van der Waals surface area contributed by atoms with E-state index in [1.807, 2.05) is 12.1 Å². The maximum Gasteiger partial charge on any atom is 0.262 e. The Bertz CT molecular complexity index is 1190. The van der Waals surface area contributed by atoms with E-state index >= 15 is 0 Å². The Morgan fingerprint density at radius 2 is 2.10 bits per heavy atom. The maximum atomic E-state index is 13.0. The van der Waals surface area contributed by atoms with Crippen LogP contribution in [0.2, 0.25) is 5.02 Å². The average Bonchev–Trinajstić information content (AvgIpc) is 2.77. The van der Waals surface area contributed by atoms with Crippen LogP contribution in [0.3, 0.4) is 0 Å². The van der Waals surface area contributed by atoms with Crippen LogP contribution < -0.4 is 10.9 Å². The van der Waals surface area contributed by atoms with Crippen LogP contribution in [0, 0.1) is 11.3 Å². The van der Waals surface area contributed by atoms with E-state index in [1.54, 1.807) is 34.9 Å². The molecule has 1 aromatic heterocycles. The van der Waals surface area contributed by atoms with Crippen molar-refractivity contribution < 1.29 is 4.79 Å². The molecule has 0 radical (unpaired) electrons. The van der Waals surface area contributed by atoms with Crippen molar-refractivity contribution in [1.29, 1.82) is 5.26 Å². The number of nitrogens with zero attached hydrogens (tertiary/aromatic N) is 3. The number of fused-ring (bicyclic) bond motifs is 1. The molecule has 0 aliphatic carbocycles. The van der Waals surface area contributed by atoms with Crippen LogP contribution in [-0.4, -0.2) is 21.2 Å². The maximum absolute atomic E-state index is 13.0. The molecule has 0 saturated heterocycles. The molecule has 3 rings (SSSR count). The molecular formula is C23H23ClN4O2S. The highest BCUT2D eigenvalue weighted by Crippen LogP contribution is 2.19. The summed E-state index contributed by atoms with van der Waals surface area (Å²) in [6, 6.07) is 14.3. The second-order valence-electron chi connectivity index (χ2n) is 7.05. The van der Waals surface area contributed by atoms with Gasteiger partial charge in [0.25, 0.3) is 11.5 Å². The molecule has 2 aromatic carbocycles. The topological polar surface area (TPSA) is 87.8 Å². The molecule has 1 heterocycles. The predicted molar refractivity (Wildman–Crippen MR) is 124 cm³/mol. The highest BCUT2D eigenvalue weighted by molar-refractivity contribution is 7.99. The molecule has 8 heteroatoms. The SMILES string of the molecule is CCCCCn1c(SCC#N)nc2cc(C(=O)NCc3cccc(Cl)c3)ccc2c1=O. The van der Waals surface area contributed by atoms with E-state index in [2.05, 4.69) is 23.3 Å². The molecule has 0 saturated carbocycles. The second-order valence-corrected chi connectivity index (χ2v) is 8.43. The molecular weight excluding hydrogens is 432 g/mol. The van der Waals surface area contributed by atoms with Gasteiger partial charge in [-0.15, -0.1) is 0 Å². The van der Waals surface area contributed by atoms with E-state index in [-0.39, 0.29) is 17.2 Å². The van der Waals surface area contributed by atoms with Gasteiger partial charge in [-0.1, -0.05) is 55.3 Å². The van der Waals surface area contributed by atoms with Crippen LogP contribution in [0.4, 0.5) is 0 Å². The van der Waals surface area contributed by atoms with E-state index in [0.717, 1.165) is 24.8 Å². The molecule has 1 N–H and O–H groups in total. The standard InChI is InChI=1S/C23H23ClN4O2S/c1-2-3-4-11-28-22(30)19-9-8-17(14-20(19)27-23(28)31-12-10-25)21(29)26-15-16-6-5-7-18(24)13-16/h5-9,13-14H,2-4,11-12,15H2,1H3,(H,26,29). The monoisotopic (exact) mass is 454 g/mol. The third-order valence-corrected chi connectivity index (χ3v) is 5.85. The van der Waals surface area contributed by atoms with Crippen molar-refractivity contribution in [2.75, 3.05) is 5.75 Å². The summed E-state index contributed by atoms with van der Waals surface area (Å²) in [7, 11) is 0. The van der Waals surface area contributed by atoms with Crippen LogP contribution in [0.25, 0.3) is 10.9 Å². The largest absolute Gasteiger partial charge is 0.348 e. The fraction of sp³-hybridized carbons (Fsp3) is 0.304. The number of hydrogen-bond donors (Lipinski definition) is 1. The van der Waals surface area contributed by atoms with E-state index in [9.17, 15) is 9.59 Å². The van der Waals surface area contributed by atoms with Crippen LogP contribution >= 0.6 is 23.4 Å². The number of unbranched alkanes of at least 4 members (excludes halogenated alkanes) is 2. The summed E-state index contributed by atoms with van der Waals surface area (Å²) in [4.78, 5) is 30.3. The summed E-state index contributed by atoms with van der Waals surface area (Å²) < 4.78 is 1.64. The number of rotatable bonds is 9. The van der Waals surface area contributed by atoms with Gasteiger partial charge in [-0.2, -0.15) is 5.26 Å². The average molecular weight is 455 g/mol. The van der Waals surface area contributed by atoms with Gasteiger partial charge in [-0.25, -0.2) is 4.98 Å². The molecule has 0 bridgehead atoms. The van der Waals surface area contributed by atoms with Crippen molar-refractivity contribution >= 4 is 40.2 Å². The van der Waals surface area contributed by atoms with Gasteiger partial charge in [0, 0.05) is 23.7 Å². The van der Waals surface area contributed by atoms with Gasteiger partial charge in [-0.3, -0.25) is 14.2 Å². The van der Waals surface area contributed by atoms with E-state index < -0.39 is 0 Å². The normalized spacial score (nSPS) is 10.7. The molecule has 0 unspecified atom stereocenters. The van der Waals surface area contributed by atoms with Crippen LogP contribution in [0.15, 0.2) is 52.4 Å². The lowest BCUT2D eigenvalue weighted by Crippen LogP contribution is -2.25. The summed E-state index contributed by atoms with van der Waals surface area (Å²) in [5, 5.41) is 13.4. The van der Waals surface area contributed by atoms with Crippen molar-refractivity contribution in [3.63, 3.8) is 0 Å². The Balaban J connectivity index is 1.87. The number of halogens is 1. The number of carbonyl (C=O) groups is 1. The first kappa shape index (κ1) is 22.9. The zero-order valence-electron chi connectivity index (χ0n) is 17.2. The van der Waals surface area contributed by atoms with Crippen LogP contribution in [0.1, 0.15) is 42.1 Å². The first-order valence-corrected chi connectivity index (χ1v) is 11.5. The van der Waals surface area contributed by atoms with E-state index in [4.69, 9.17) is 16.9 Å². The number of nitrogens with one attached hydrogen (secondary N) is 1. The summed E-state index contributed by atoms with van der Waals surface area (Å²) >= 11 is 7.22. The molecule has 160 valence electrons. The smallest absolute Gasteiger partial charge is 0.262 e. The quantitative estimate of drug-likeness (QED) is 0.285. The number of hydrogen-bond acceptors (Lipinski definition) is 5. The minimum atomic E-state index is -0.262. The fourth-order valence-corrected chi connectivity index (χ4v) is 4.10. The molecule has 0 aliphatic heterocycles. The van der Waals surface area contributed by atoms with Gasteiger partial charge < -0.3 is 5.32 Å². The Hall–Kier alpha value is -2.82. The predicted octanol–water partition coefficient (Wildman–Crippen LogP) is 4.79. The summed E-state index contributed by atoms with van der Waals surface area (Å²) in [5.41, 5.74) is 1.62. The van der Waals surface area contributed by atoms with Crippen molar-refractivity contribution in [2.24, 2.45) is 0 Å². The van der Waals surface area contributed by atoms with Gasteiger partial charge in [0.15, 0.2) is 5.16 Å². The third kappa shape index (κ3) is 5.87. The highest BCUT2D eigenvalue weighted by atomic mass is 35.5. The fourth-order valence-electron chi connectivity index (χ4n) is 3.20. The number of carbonyl (C=O) groups excluding carboxylic acids is 1. The van der Waals surface area contributed by atoms with Gasteiger partial charge >= 0.3 is 0 Å². The summed E-state index contributed by atoms with van der Waals surface area (Å²) in [6.07, 6.45) is 2.93. The zero-order chi connectivity index (χ0) is 22.2. The molecule has 0 spiro atoms. The lowest BCUT2D eigenvalue weighted by atomic mass is 10.1. The Morgan fingerprint density at radius 3 is 2.84 bits per heavy atom. The van der Waals surface area contributed by atoms with Crippen LogP contribution in [0.5, 0.6) is 0 Å².